The van der Waals surface area contributed by atoms with Crippen LogP contribution in [-0.2, 0) is 11.4 Å². The summed E-state index contributed by atoms with van der Waals surface area (Å²) in [4.78, 5) is 14.1. The van der Waals surface area contributed by atoms with Gasteiger partial charge in [0.25, 0.3) is 5.91 Å². The molecule has 1 aliphatic heterocycles. The van der Waals surface area contributed by atoms with Crippen molar-refractivity contribution in [1.29, 1.82) is 0 Å². The maximum Gasteiger partial charge on any atom is 0.260 e. The molecule has 5 nitrogen and oxygen atoms in total. The highest BCUT2D eigenvalue weighted by Gasteiger charge is 2.22. The fraction of sp³-hybridized carbons (Fsp3) is 0.381. The van der Waals surface area contributed by atoms with Crippen LogP contribution >= 0.6 is 12.4 Å². The smallest absolute Gasteiger partial charge is 0.260 e. The zero-order valence-electron chi connectivity index (χ0n) is 15.6. The van der Waals surface area contributed by atoms with E-state index >= 15 is 0 Å². The SMILES string of the molecule is CN(C(=O)COc1ccc(OCc2ccccc2)cc1)C1CCNCC1.Cl. The Balaban J connectivity index is 0.00000261. The molecule has 27 heavy (non-hydrogen) atoms. The molecule has 1 fully saturated rings. The van der Waals surface area contributed by atoms with Crippen LogP contribution < -0.4 is 14.8 Å². The van der Waals surface area contributed by atoms with Crippen molar-refractivity contribution in [3.63, 3.8) is 0 Å². The maximum atomic E-state index is 12.3. The van der Waals surface area contributed by atoms with Gasteiger partial charge in [-0.05, 0) is 55.8 Å². The molecule has 1 aliphatic rings. The minimum atomic E-state index is 0. The van der Waals surface area contributed by atoms with Gasteiger partial charge in [0, 0.05) is 13.1 Å². The van der Waals surface area contributed by atoms with E-state index in [0.29, 0.717) is 18.4 Å². The van der Waals surface area contributed by atoms with Gasteiger partial charge in [-0.25, -0.2) is 0 Å². The van der Waals surface area contributed by atoms with Crippen molar-refractivity contribution < 1.29 is 14.3 Å². The summed E-state index contributed by atoms with van der Waals surface area (Å²) in [5.41, 5.74) is 1.12. The van der Waals surface area contributed by atoms with Gasteiger partial charge in [-0.1, -0.05) is 30.3 Å². The van der Waals surface area contributed by atoms with E-state index in [1.54, 1.807) is 0 Å². The average Bonchev–Trinajstić information content (AvgIpc) is 2.72. The van der Waals surface area contributed by atoms with Crippen molar-refractivity contribution in [2.45, 2.75) is 25.5 Å². The lowest BCUT2D eigenvalue weighted by Gasteiger charge is -2.31. The average molecular weight is 391 g/mol. The highest BCUT2D eigenvalue weighted by atomic mass is 35.5. The predicted molar refractivity (Wildman–Crippen MR) is 109 cm³/mol. The van der Waals surface area contributed by atoms with Crippen LogP contribution in [0.5, 0.6) is 11.5 Å². The Hall–Kier alpha value is -2.24. The van der Waals surface area contributed by atoms with Crippen LogP contribution in [0.4, 0.5) is 0 Å². The molecule has 0 atom stereocenters. The van der Waals surface area contributed by atoms with E-state index in [1.165, 1.54) is 0 Å². The molecule has 1 saturated heterocycles. The molecule has 3 rings (SSSR count). The van der Waals surface area contributed by atoms with Crippen molar-refractivity contribution in [3.05, 3.63) is 60.2 Å². The van der Waals surface area contributed by atoms with E-state index in [4.69, 9.17) is 9.47 Å². The normalized spacial score (nSPS) is 14.1. The van der Waals surface area contributed by atoms with Gasteiger partial charge in [0.2, 0.25) is 0 Å². The Bertz CT molecular complexity index is 688. The van der Waals surface area contributed by atoms with E-state index < -0.39 is 0 Å². The van der Waals surface area contributed by atoms with E-state index in [-0.39, 0.29) is 24.9 Å². The Morgan fingerprint density at radius 3 is 2.22 bits per heavy atom. The molecule has 1 amide bonds. The van der Waals surface area contributed by atoms with Crippen LogP contribution in [0.3, 0.4) is 0 Å². The van der Waals surface area contributed by atoms with Crippen molar-refractivity contribution >= 4 is 18.3 Å². The Kier molecular flexibility index (Phi) is 8.43. The van der Waals surface area contributed by atoms with Crippen LogP contribution in [-0.4, -0.2) is 43.6 Å². The molecule has 1 heterocycles. The first-order valence-corrected chi connectivity index (χ1v) is 9.08. The summed E-state index contributed by atoms with van der Waals surface area (Å²) in [7, 11) is 1.86. The largest absolute Gasteiger partial charge is 0.489 e. The monoisotopic (exact) mass is 390 g/mol. The van der Waals surface area contributed by atoms with Gasteiger partial charge in [-0.15, -0.1) is 12.4 Å². The van der Waals surface area contributed by atoms with Gasteiger partial charge in [-0.3, -0.25) is 4.79 Å². The molecule has 0 radical (unpaired) electrons. The number of piperidine rings is 1. The van der Waals surface area contributed by atoms with Gasteiger partial charge in [0.05, 0.1) is 0 Å². The van der Waals surface area contributed by atoms with Crippen LogP contribution in [0, 0.1) is 0 Å². The molecule has 1 N–H and O–H groups in total. The molecule has 0 unspecified atom stereocenters. The highest BCUT2D eigenvalue weighted by Crippen LogP contribution is 2.19. The molecule has 2 aromatic rings. The molecule has 0 saturated carbocycles. The Morgan fingerprint density at radius 2 is 1.59 bits per heavy atom. The third-order valence-corrected chi connectivity index (χ3v) is 4.68. The second-order valence-corrected chi connectivity index (χ2v) is 6.52. The Morgan fingerprint density at radius 1 is 1.00 bits per heavy atom. The number of hydrogen-bond donors (Lipinski definition) is 1. The van der Waals surface area contributed by atoms with Gasteiger partial charge >= 0.3 is 0 Å². The fourth-order valence-corrected chi connectivity index (χ4v) is 3.02. The molecule has 0 aromatic heterocycles. The number of nitrogens with one attached hydrogen (secondary N) is 1. The summed E-state index contributed by atoms with van der Waals surface area (Å²) in [6, 6.07) is 17.7. The molecule has 0 spiro atoms. The summed E-state index contributed by atoms with van der Waals surface area (Å²) in [5, 5.41) is 3.31. The van der Waals surface area contributed by atoms with Crippen LogP contribution in [0.15, 0.2) is 54.6 Å². The second-order valence-electron chi connectivity index (χ2n) is 6.52. The van der Waals surface area contributed by atoms with Gasteiger partial charge in [0.1, 0.15) is 18.1 Å². The highest BCUT2D eigenvalue weighted by molar-refractivity contribution is 5.85. The number of likely N-dealkylation sites (N-methyl/N-ethyl adjacent to an activating group) is 1. The minimum Gasteiger partial charge on any atom is -0.489 e. The molecule has 2 aromatic carbocycles. The van der Waals surface area contributed by atoms with Gasteiger partial charge < -0.3 is 19.7 Å². The zero-order chi connectivity index (χ0) is 18.2. The predicted octanol–water partition coefficient (Wildman–Crippen LogP) is 3.28. The van der Waals surface area contributed by atoms with Crippen LogP contribution in [0.2, 0.25) is 0 Å². The first-order chi connectivity index (χ1) is 12.7. The first kappa shape index (κ1) is 21.1. The maximum absolute atomic E-state index is 12.3. The number of hydrogen-bond acceptors (Lipinski definition) is 4. The quantitative estimate of drug-likeness (QED) is 0.788. The summed E-state index contributed by atoms with van der Waals surface area (Å²) < 4.78 is 11.4. The number of benzene rings is 2. The minimum absolute atomic E-state index is 0. The van der Waals surface area contributed by atoms with Gasteiger partial charge in [0.15, 0.2) is 6.61 Å². The molecule has 0 aliphatic carbocycles. The zero-order valence-corrected chi connectivity index (χ0v) is 16.4. The van der Waals surface area contributed by atoms with E-state index in [1.807, 2.05) is 66.5 Å². The van der Waals surface area contributed by atoms with Crippen molar-refractivity contribution in [3.8, 4) is 11.5 Å². The standard InChI is InChI=1S/C21H26N2O3.ClH/c1-23(18-11-13-22-14-12-18)21(24)16-26-20-9-7-19(8-10-20)25-15-17-5-3-2-4-6-17;/h2-10,18,22H,11-16H2,1H3;1H. The summed E-state index contributed by atoms with van der Waals surface area (Å²) >= 11 is 0. The molecule has 146 valence electrons. The molecule has 6 heteroatoms. The summed E-state index contributed by atoms with van der Waals surface area (Å²) in [6.45, 7) is 2.52. The van der Waals surface area contributed by atoms with Gasteiger partial charge in [-0.2, -0.15) is 0 Å². The topological polar surface area (TPSA) is 50.8 Å². The Labute approximate surface area is 167 Å². The van der Waals surface area contributed by atoms with Crippen molar-refractivity contribution in [2.75, 3.05) is 26.7 Å². The molecular weight excluding hydrogens is 364 g/mol. The lowest BCUT2D eigenvalue weighted by atomic mass is 10.1. The summed E-state index contributed by atoms with van der Waals surface area (Å²) in [5.74, 6) is 1.46. The van der Waals surface area contributed by atoms with Crippen LogP contribution in [0.25, 0.3) is 0 Å². The van der Waals surface area contributed by atoms with Crippen LogP contribution in [0.1, 0.15) is 18.4 Å². The van der Waals surface area contributed by atoms with Crippen molar-refractivity contribution in [1.82, 2.24) is 10.2 Å². The number of ether oxygens (including phenoxy) is 2. The number of carbonyl (C=O) groups is 1. The first-order valence-electron chi connectivity index (χ1n) is 9.08. The van der Waals surface area contributed by atoms with E-state index in [9.17, 15) is 4.79 Å². The number of amides is 1. The number of halogens is 1. The third-order valence-electron chi connectivity index (χ3n) is 4.68. The fourth-order valence-electron chi connectivity index (χ4n) is 3.02. The van der Waals surface area contributed by atoms with E-state index in [2.05, 4.69) is 5.32 Å². The third kappa shape index (κ3) is 6.45. The molecular formula is C21H27ClN2O3. The number of nitrogens with zero attached hydrogens (tertiary/aromatic N) is 1. The lowest BCUT2D eigenvalue weighted by molar-refractivity contribution is -0.134. The van der Waals surface area contributed by atoms with E-state index in [0.717, 1.165) is 37.2 Å². The number of carbonyl (C=O) groups excluding carboxylic acids is 1. The second kappa shape index (κ2) is 10.8. The molecule has 0 bridgehead atoms. The summed E-state index contributed by atoms with van der Waals surface area (Å²) in [6.07, 6.45) is 1.99. The van der Waals surface area contributed by atoms with Crippen molar-refractivity contribution in [2.24, 2.45) is 0 Å². The number of rotatable bonds is 7. The lowest BCUT2D eigenvalue weighted by Crippen LogP contribution is -2.45.